The van der Waals surface area contributed by atoms with E-state index in [2.05, 4.69) is 15.2 Å². The van der Waals surface area contributed by atoms with Gasteiger partial charge >= 0.3 is 0 Å². The summed E-state index contributed by atoms with van der Waals surface area (Å²) in [6.45, 7) is 1.76. The van der Waals surface area contributed by atoms with E-state index in [-0.39, 0.29) is 11.2 Å². The van der Waals surface area contributed by atoms with Crippen molar-refractivity contribution in [1.82, 2.24) is 19.6 Å². The monoisotopic (exact) mass is 261 g/mol. The first kappa shape index (κ1) is 11.1. The Bertz CT molecular complexity index is 731. The van der Waals surface area contributed by atoms with Crippen molar-refractivity contribution >= 4 is 34.5 Å². The maximum atomic E-state index is 11.1. The number of thioether (sulfide) groups is 1. The number of amides is 1. The molecule has 1 amide bonds. The number of para-hydroxylation sites is 2. The van der Waals surface area contributed by atoms with Gasteiger partial charge in [0.2, 0.25) is 11.7 Å². The van der Waals surface area contributed by atoms with Crippen LogP contribution in [0.4, 0.5) is 0 Å². The average molecular weight is 261 g/mol. The van der Waals surface area contributed by atoms with Crippen LogP contribution in [0.2, 0.25) is 0 Å². The van der Waals surface area contributed by atoms with Crippen molar-refractivity contribution in [2.75, 3.05) is 0 Å². The molecule has 18 heavy (non-hydrogen) atoms. The minimum Gasteiger partial charge on any atom is -0.369 e. The van der Waals surface area contributed by atoms with Crippen LogP contribution in [-0.4, -0.2) is 30.7 Å². The van der Waals surface area contributed by atoms with Crippen LogP contribution in [0.3, 0.4) is 0 Å². The zero-order valence-corrected chi connectivity index (χ0v) is 10.4. The molecule has 1 atom stereocenters. The number of aromatic nitrogens is 4. The summed E-state index contributed by atoms with van der Waals surface area (Å²) in [5.74, 6) is 0.302. The molecule has 0 bridgehead atoms. The predicted molar refractivity (Wildman–Crippen MR) is 69.4 cm³/mol. The number of primary amides is 1. The molecule has 3 aromatic rings. The quantitative estimate of drug-likeness (QED) is 0.693. The fourth-order valence-corrected chi connectivity index (χ4v) is 2.56. The first-order valence-corrected chi connectivity index (χ1v) is 6.32. The number of imidazole rings is 1. The Balaban J connectivity index is 2.15. The summed E-state index contributed by atoms with van der Waals surface area (Å²) in [5.41, 5.74) is 7.11. The van der Waals surface area contributed by atoms with Crippen molar-refractivity contribution in [1.29, 1.82) is 0 Å². The van der Waals surface area contributed by atoms with E-state index in [1.807, 2.05) is 28.7 Å². The summed E-state index contributed by atoms with van der Waals surface area (Å²) in [7, 11) is 0. The van der Waals surface area contributed by atoms with E-state index in [0.29, 0.717) is 10.9 Å². The van der Waals surface area contributed by atoms with Crippen LogP contribution in [-0.2, 0) is 4.79 Å². The molecule has 92 valence electrons. The number of carbonyl (C=O) groups excluding carboxylic acids is 1. The number of H-pyrrole nitrogens is 1. The summed E-state index contributed by atoms with van der Waals surface area (Å²) >= 11 is 1.31. The summed E-state index contributed by atoms with van der Waals surface area (Å²) in [4.78, 5) is 15.5. The van der Waals surface area contributed by atoms with Crippen LogP contribution in [0.25, 0.3) is 16.8 Å². The van der Waals surface area contributed by atoms with Gasteiger partial charge in [0.25, 0.3) is 0 Å². The fourth-order valence-electron chi connectivity index (χ4n) is 1.74. The Hall–Kier alpha value is -2.02. The smallest absolute Gasteiger partial charge is 0.231 e. The van der Waals surface area contributed by atoms with Crippen LogP contribution >= 0.6 is 11.8 Å². The molecule has 0 aliphatic heterocycles. The highest BCUT2D eigenvalue weighted by atomic mass is 32.2. The lowest BCUT2D eigenvalue weighted by molar-refractivity contribution is -0.117. The van der Waals surface area contributed by atoms with Crippen molar-refractivity contribution in [3.8, 4) is 0 Å². The molecule has 3 rings (SSSR count). The summed E-state index contributed by atoms with van der Waals surface area (Å²) in [6.07, 6.45) is 0. The van der Waals surface area contributed by atoms with Gasteiger partial charge in [0.15, 0.2) is 5.16 Å². The Labute approximate surface area is 107 Å². The number of rotatable bonds is 3. The van der Waals surface area contributed by atoms with E-state index in [0.717, 1.165) is 11.0 Å². The van der Waals surface area contributed by atoms with Gasteiger partial charge in [-0.1, -0.05) is 23.9 Å². The molecule has 0 radical (unpaired) electrons. The Morgan fingerprint density at radius 2 is 2.28 bits per heavy atom. The normalized spacial score (nSPS) is 13.2. The molecule has 0 fully saturated rings. The molecule has 0 spiro atoms. The molecular formula is C11H11N5OS. The molecule has 0 aliphatic rings. The van der Waals surface area contributed by atoms with Gasteiger partial charge in [0.1, 0.15) is 0 Å². The van der Waals surface area contributed by atoms with Gasteiger partial charge in [-0.2, -0.15) is 0 Å². The molecule has 2 heterocycles. The molecule has 0 saturated heterocycles. The third-order valence-electron chi connectivity index (χ3n) is 2.69. The van der Waals surface area contributed by atoms with E-state index < -0.39 is 0 Å². The molecule has 6 nitrogen and oxygen atoms in total. The second kappa shape index (κ2) is 4.02. The SMILES string of the molecule is C[C@@H](Sc1n[nH]c2nc3ccccc3n12)C(N)=O. The van der Waals surface area contributed by atoms with Crippen molar-refractivity contribution in [3.05, 3.63) is 24.3 Å². The standard InChI is InChI=1S/C11H11N5OS/c1-6(9(12)17)18-11-15-14-10-13-7-4-2-3-5-8(7)16(10)11/h2-6H,1H3,(H2,12,17)(H,13,14)/t6-/m1/s1. The molecule has 0 aliphatic carbocycles. The number of nitrogens with one attached hydrogen (secondary N) is 1. The number of nitrogens with two attached hydrogens (primary N) is 1. The maximum absolute atomic E-state index is 11.1. The largest absolute Gasteiger partial charge is 0.369 e. The highest BCUT2D eigenvalue weighted by Crippen LogP contribution is 2.25. The van der Waals surface area contributed by atoms with Gasteiger partial charge in [-0.15, -0.1) is 5.10 Å². The van der Waals surface area contributed by atoms with E-state index in [1.54, 1.807) is 6.92 Å². The number of carbonyl (C=O) groups is 1. The van der Waals surface area contributed by atoms with Crippen molar-refractivity contribution in [2.24, 2.45) is 5.73 Å². The van der Waals surface area contributed by atoms with Gasteiger partial charge in [0.05, 0.1) is 16.3 Å². The Morgan fingerprint density at radius 3 is 3.06 bits per heavy atom. The van der Waals surface area contributed by atoms with E-state index in [9.17, 15) is 4.79 Å². The van der Waals surface area contributed by atoms with E-state index in [4.69, 9.17) is 5.73 Å². The molecule has 1 aromatic carbocycles. The summed E-state index contributed by atoms with van der Waals surface area (Å²) < 4.78 is 1.89. The highest BCUT2D eigenvalue weighted by Gasteiger charge is 2.17. The van der Waals surface area contributed by atoms with Crippen molar-refractivity contribution < 1.29 is 4.79 Å². The maximum Gasteiger partial charge on any atom is 0.231 e. The highest BCUT2D eigenvalue weighted by molar-refractivity contribution is 8.00. The van der Waals surface area contributed by atoms with Crippen LogP contribution in [0.1, 0.15) is 6.92 Å². The second-order valence-corrected chi connectivity index (χ2v) is 5.24. The van der Waals surface area contributed by atoms with E-state index >= 15 is 0 Å². The van der Waals surface area contributed by atoms with Gasteiger partial charge in [-0.05, 0) is 19.1 Å². The van der Waals surface area contributed by atoms with Gasteiger partial charge in [-0.3, -0.25) is 9.20 Å². The number of fused-ring (bicyclic) bond motifs is 3. The molecule has 3 N–H and O–H groups in total. The fraction of sp³-hybridized carbons (Fsp3) is 0.182. The predicted octanol–water partition coefficient (Wildman–Crippen LogP) is 1.18. The van der Waals surface area contributed by atoms with Crippen LogP contribution < -0.4 is 5.73 Å². The molecular weight excluding hydrogens is 250 g/mol. The lowest BCUT2D eigenvalue weighted by Gasteiger charge is -2.04. The number of hydrogen-bond donors (Lipinski definition) is 2. The molecule has 0 unspecified atom stereocenters. The summed E-state index contributed by atoms with van der Waals surface area (Å²) in [6, 6.07) is 7.77. The van der Waals surface area contributed by atoms with Gasteiger partial charge in [-0.25, -0.2) is 10.1 Å². The van der Waals surface area contributed by atoms with Gasteiger partial charge < -0.3 is 5.73 Å². The third-order valence-corrected chi connectivity index (χ3v) is 3.76. The number of hydrogen-bond acceptors (Lipinski definition) is 4. The molecule has 2 aromatic heterocycles. The van der Waals surface area contributed by atoms with Crippen LogP contribution in [0.5, 0.6) is 0 Å². The first-order valence-electron chi connectivity index (χ1n) is 5.44. The van der Waals surface area contributed by atoms with Crippen LogP contribution in [0, 0.1) is 0 Å². The number of aromatic amines is 1. The van der Waals surface area contributed by atoms with Crippen molar-refractivity contribution in [3.63, 3.8) is 0 Å². The van der Waals surface area contributed by atoms with E-state index in [1.165, 1.54) is 11.8 Å². The van der Waals surface area contributed by atoms with Crippen LogP contribution in [0.15, 0.2) is 29.4 Å². The summed E-state index contributed by atoms with van der Waals surface area (Å²) in [5, 5.41) is 7.36. The molecule has 7 heteroatoms. The minimum atomic E-state index is -0.361. The number of benzene rings is 1. The Kier molecular flexibility index (Phi) is 2.48. The zero-order valence-electron chi connectivity index (χ0n) is 9.62. The average Bonchev–Trinajstić information content (AvgIpc) is 2.89. The first-order chi connectivity index (χ1) is 8.66. The number of nitrogens with zero attached hydrogens (tertiary/aromatic N) is 3. The second-order valence-electron chi connectivity index (χ2n) is 3.93. The third kappa shape index (κ3) is 1.63. The lowest BCUT2D eigenvalue weighted by Crippen LogP contribution is -2.22. The topological polar surface area (TPSA) is 89.1 Å². The molecule has 0 saturated carbocycles. The van der Waals surface area contributed by atoms with Gasteiger partial charge in [0, 0.05) is 0 Å². The van der Waals surface area contributed by atoms with Crippen molar-refractivity contribution in [2.45, 2.75) is 17.3 Å². The lowest BCUT2D eigenvalue weighted by atomic mass is 10.3. The minimum absolute atomic E-state index is 0.335. The zero-order chi connectivity index (χ0) is 12.7. The Morgan fingerprint density at radius 1 is 1.50 bits per heavy atom.